The minimum Gasteiger partial charge on any atom is -0.478 e. The van der Waals surface area contributed by atoms with Crippen LogP contribution in [0.3, 0.4) is 0 Å². The molecule has 1 aromatic carbocycles. The van der Waals surface area contributed by atoms with Gasteiger partial charge in [-0.05, 0) is 19.1 Å². The molecule has 0 aliphatic heterocycles. The number of benzene rings is 1. The Kier molecular flexibility index (Phi) is 3.37. The van der Waals surface area contributed by atoms with Crippen LogP contribution >= 0.6 is 0 Å². The summed E-state index contributed by atoms with van der Waals surface area (Å²) in [6, 6.07) is 3.82. The maximum Gasteiger partial charge on any atom is 0.337 e. The Hall–Kier alpha value is -2.57. The molecule has 0 radical (unpaired) electrons. The van der Waals surface area contributed by atoms with Gasteiger partial charge in [0, 0.05) is 11.8 Å². The van der Waals surface area contributed by atoms with Gasteiger partial charge in [0.25, 0.3) is 0 Å². The van der Waals surface area contributed by atoms with Crippen LogP contribution in [0.2, 0.25) is 0 Å². The van der Waals surface area contributed by atoms with Crippen LogP contribution in [0.4, 0.5) is 15.8 Å². The maximum atomic E-state index is 13.6. The SMILES string of the molecule is Cc1cc(CNc2cc(C(=O)O)c(N)cc2F)no1. The van der Waals surface area contributed by atoms with E-state index in [1.165, 1.54) is 0 Å². The fraction of sp³-hybridized carbons (Fsp3) is 0.167. The smallest absolute Gasteiger partial charge is 0.337 e. The van der Waals surface area contributed by atoms with Crippen LogP contribution in [0.25, 0.3) is 0 Å². The fourth-order valence-electron chi connectivity index (χ4n) is 1.60. The summed E-state index contributed by atoms with van der Waals surface area (Å²) in [4.78, 5) is 10.9. The van der Waals surface area contributed by atoms with Gasteiger partial charge >= 0.3 is 5.97 Å². The highest BCUT2D eigenvalue weighted by Crippen LogP contribution is 2.22. The maximum absolute atomic E-state index is 13.6. The molecule has 0 saturated carbocycles. The molecule has 1 aromatic heterocycles. The number of carboxylic acid groups (broad SMARTS) is 1. The number of nitrogens with one attached hydrogen (secondary N) is 1. The van der Waals surface area contributed by atoms with Crippen molar-refractivity contribution >= 4 is 17.3 Å². The number of aryl methyl sites for hydroxylation is 1. The molecule has 2 rings (SSSR count). The summed E-state index contributed by atoms with van der Waals surface area (Å²) in [5.74, 6) is -1.19. The van der Waals surface area contributed by atoms with Gasteiger partial charge in [0.05, 0.1) is 17.8 Å². The number of hydrogen-bond donors (Lipinski definition) is 3. The minimum atomic E-state index is -1.21. The van der Waals surface area contributed by atoms with Crippen molar-refractivity contribution in [1.29, 1.82) is 0 Å². The number of carbonyl (C=O) groups is 1. The highest BCUT2D eigenvalue weighted by molar-refractivity contribution is 5.94. The van der Waals surface area contributed by atoms with Crippen LogP contribution in [0.1, 0.15) is 21.8 Å². The first kappa shape index (κ1) is 12.9. The third-order valence-electron chi connectivity index (χ3n) is 2.51. The Bertz CT molecular complexity index is 625. The third-order valence-corrected chi connectivity index (χ3v) is 2.51. The molecular weight excluding hydrogens is 253 g/mol. The Morgan fingerprint density at radius 2 is 2.26 bits per heavy atom. The number of hydrogen-bond acceptors (Lipinski definition) is 5. The summed E-state index contributed by atoms with van der Waals surface area (Å²) < 4.78 is 18.5. The van der Waals surface area contributed by atoms with Gasteiger partial charge in [-0.3, -0.25) is 0 Å². The lowest BCUT2D eigenvalue weighted by Gasteiger charge is -2.08. The fourth-order valence-corrected chi connectivity index (χ4v) is 1.60. The third kappa shape index (κ3) is 2.82. The van der Waals surface area contributed by atoms with Crippen LogP contribution in [0, 0.1) is 12.7 Å². The normalized spacial score (nSPS) is 10.4. The van der Waals surface area contributed by atoms with Crippen molar-refractivity contribution < 1.29 is 18.8 Å². The van der Waals surface area contributed by atoms with Crippen molar-refractivity contribution in [3.63, 3.8) is 0 Å². The first-order valence-corrected chi connectivity index (χ1v) is 5.45. The lowest BCUT2D eigenvalue weighted by atomic mass is 10.1. The first-order chi connectivity index (χ1) is 8.97. The average Bonchev–Trinajstić information content (AvgIpc) is 2.73. The number of halogens is 1. The van der Waals surface area contributed by atoms with Gasteiger partial charge in [-0.2, -0.15) is 0 Å². The monoisotopic (exact) mass is 265 g/mol. The van der Waals surface area contributed by atoms with E-state index in [2.05, 4.69) is 10.5 Å². The second-order valence-electron chi connectivity index (χ2n) is 4.01. The van der Waals surface area contributed by atoms with Gasteiger partial charge in [-0.15, -0.1) is 0 Å². The van der Waals surface area contributed by atoms with E-state index in [0.29, 0.717) is 11.5 Å². The zero-order valence-electron chi connectivity index (χ0n) is 10.1. The quantitative estimate of drug-likeness (QED) is 0.731. The van der Waals surface area contributed by atoms with E-state index in [1.807, 2.05) is 0 Å². The van der Waals surface area contributed by atoms with Crippen LogP contribution in [-0.4, -0.2) is 16.2 Å². The second kappa shape index (κ2) is 4.97. The molecule has 1 heterocycles. The van der Waals surface area contributed by atoms with E-state index in [1.54, 1.807) is 13.0 Å². The summed E-state index contributed by atoms with van der Waals surface area (Å²) in [6.07, 6.45) is 0. The van der Waals surface area contributed by atoms with E-state index >= 15 is 0 Å². The topological polar surface area (TPSA) is 101 Å². The molecular formula is C12H12FN3O3. The number of aromatic nitrogens is 1. The van der Waals surface area contributed by atoms with Crippen molar-refractivity contribution in [3.05, 3.63) is 41.0 Å². The van der Waals surface area contributed by atoms with Crippen molar-refractivity contribution in [1.82, 2.24) is 5.16 Å². The minimum absolute atomic E-state index is 0.0484. The lowest BCUT2D eigenvalue weighted by molar-refractivity contribution is 0.0698. The Morgan fingerprint density at radius 3 is 2.84 bits per heavy atom. The molecule has 0 saturated heterocycles. The molecule has 0 amide bonds. The molecule has 0 aliphatic rings. The Morgan fingerprint density at radius 1 is 1.53 bits per heavy atom. The molecule has 0 fully saturated rings. The number of nitrogens with two attached hydrogens (primary N) is 1. The zero-order valence-corrected chi connectivity index (χ0v) is 10.1. The zero-order chi connectivity index (χ0) is 14.0. The van der Waals surface area contributed by atoms with Crippen LogP contribution in [-0.2, 0) is 6.54 Å². The first-order valence-electron chi connectivity index (χ1n) is 5.45. The standard InChI is InChI=1S/C12H12FN3O3/c1-6-2-7(16-19-6)5-15-11-3-8(12(17)18)10(14)4-9(11)13/h2-4,15H,5,14H2,1H3,(H,17,18). The predicted octanol–water partition coefficient (Wildman–Crippen LogP) is 2.01. The van der Waals surface area contributed by atoms with Crippen molar-refractivity contribution in [2.45, 2.75) is 13.5 Å². The number of carboxylic acids is 1. The number of rotatable bonds is 4. The highest BCUT2D eigenvalue weighted by atomic mass is 19.1. The van der Waals surface area contributed by atoms with E-state index in [9.17, 15) is 9.18 Å². The summed E-state index contributed by atoms with van der Waals surface area (Å²) in [5.41, 5.74) is 5.79. The molecule has 100 valence electrons. The van der Waals surface area contributed by atoms with E-state index < -0.39 is 11.8 Å². The van der Waals surface area contributed by atoms with Crippen LogP contribution < -0.4 is 11.1 Å². The molecule has 2 aromatic rings. The van der Waals surface area contributed by atoms with Gasteiger partial charge in [-0.25, -0.2) is 9.18 Å². The summed E-state index contributed by atoms with van der Waals surface area (Å²) in [5, 5.41) is 15.4. The largest absolute Gasteiger partial charge is 0.478 e. The van der Waals surface area contributed by atoms with Crippen molar-refractivity contribution in [2.24, 2.45) is 0 Å². The summed E-state index contributed by atoms with van der Waals surface area (Å²) in [7, 11) is 0. The molecule has 7 heteroatoms. The van der Waals surface area contributed by atoms with Gasteiger partial charge in [0.1, 0.15) is 17.3 Å². The highest BCUT2D eigenvalue weighted by Gasteiger charge is 2.13. The predicted molar refractivity (Wildman–Crippen MR) is 66.3 cm³/mol. The summed E-state index contributed by atoms with van der Waals surface area (Å²) in [6.45, 7) is 1.96. The number of aromatic carboxylic acids is 1. The number of nitrogen functional groups attached to an aromatic ring is 1. The molecule has 4 N–H and O–H groups in total. The second-order valence-corrected chi connectivity index (χ2v) is 4.01. The molecule has 19 heavy (non-hydrogen) atoms. The Balaban J connectivity index is 2.20. The molecule has 0 atom stereocenters. The molecule has 0 aliphatic carbocycles. The van der Waals surface area contributed by atoms with Gasteiger partial charge in [-0.1, -0.05) is 5.16 Å². The molecule has 6 nitrogen and oxygen atoms in total. The van der Waals surface area contributed by atoms with Crippen molar-refractivity contribution in [2.75, 3.05) is 11.1 Å². The van der Waals surface area contributed by atoms with Crippen LogP contribution in [0.15, 0.2) is 22.7 Å². The number of anilines is 2. The molecule has 0 bridgehead atoms. The van der Waals surface area contributed by atoms with Gasteiger partial charge < -0.3 is 20.7 Å². The van der Waals surface area contributed by atoms with Crippen molar-refractivity contribution in [3.8, 4) is 0 Å². The van der Waals surface area contributed by atoms with Crippen LogP contribution in [0.5, 0.6) is 0 Å². The van der Waals surface area contributed by atoms with E-state index in [0.717, 1.165) is 12.1 Å². The summed E-state index contributed by atoms with van der Waals surface area (Å²) >= 11 is 0. The average molecular weight is 265 g/mol. The molecule has 0 unspecified atom stereocenters. The molecule has 0 spiro atoms. The Labute approximate surface area is 108 Å². The lowest BCUT2D eigenvalue weighted by Crippen LogP contribution is -2.07. The van der Waals surface area contributed by atoms with E-state index in [4.69, 9.17) is 15.4 Å². The van der Waals surface area contributed by atoms with Gasteiger partial charge in [0.2, 0.25) is 0 Å². The van der Waals surface area contributed by atoms with E-state index in [-0.39, 0.29) is 23.5 Å². The number of nitrogens with zero attached hydrogens (tertiary/aromatic N) is 1. The van der Waals surface area contributed by atoms with Gasteiger partial charge in [0.15, 0.2) is 0 Å².